The van der Waals surface area contributed by atoms with E-state index in [9.17, 15) is 10.1 Å². The highest BCUT2D eigenvalue weighted by atomic mass is 16.5. The maximum atomic E-state index is 12.5. The first-order valence-corrected chi connectivity index (χ1v) is 11.3. The largest absolute Gasteiger partial charge is 0.497 e. The molecule has 184 valence electrons. The number of hydrogen-bond donors (Lipinski definition) is 1. The molecule has 0 aliphatic carbocycles. The van der Waals surface area contributed by atoms with Gasteiger partial charge in [0.15, 0.2) is 0 Å². The van der Waals surface area contributed by atoms with Gasteiger partial charge >= 0.3 is 0 Å². The summed E-state index contributed by atoms with van der Waals surface area (Å²) in [5.41, 5.74) is 8.20. The first-order valence-electron chi connectivity index (χ1n) is 11.3. The van der Waals surface area contributed by atoms with Crippen LogP contribution in [0.5, 0.6) is 11.5 Å². The Kier molecular flexibility index (Phi) is 7.09. The SMILES string of the molecule is COc1cc(C#Cc2nn(C3CN(C(=O)/C=C/CN(C)C)C3)c3c(C#N)cnc(N)c23)cc(OC)c1. The van der Waals surface area contributed by atoms with Crippen LogP contribution in [0.15, 0.2) is 36.5 Å². The zero-order chi connectivity index (χ0) is 25.8. The molecule has 1 aliphatic heterocycles. The molecule has 2 aromatic heterocycles. The van der Waals surface area contributed by atoms with E-state index in [-0.39, 0.29) is 17.8 Å². The van der Waals surface area contributed by atoms with Crippen LogP contribution < -0.4 is 15.2 Å². The lowest BCUT2D eigenvalue weighted by Gasteiger charge is -2.39. The predicted molar refractivity (Wildman–Crippen MR) is 135 cm³/mol. The Balaban J connectivity index is 1.68. The second-order valence-electron chi connectivity index (χ2n) is 8.60. The number of amides is 1. The van der Waals surface area contributed by atoms with E-state index in [1.54, 1.807) is 48.1 Å². The Morgan fingerprint density at radius 3 is 2.53 bits per heavy atom. The number of aromatic nitrogens is 3. The first-order chi connectivity index (χ1) is 17.3. The highest BCUT2D eigenvalue weighted by Crippen LogP contribution is 2.32. The molecule has 36 heavy (non-hydrogen) atoms. The summed E-state index contributed by atoms with van der Waals surface area (Å²) in [4.78, 5) is 20.3. The van der Waals surface area contributed by atoms with Crippen LogP contribution in [0.4, 0.5) is 5.82 Å². The lowest BCUT2D eigenvalue weighted by atomic mass is 10.1. The quantitative estimate of drug-likeness (QED) is 0.414. The number of benzene rings is 1. The van der Waals surface area contributed by atoms with Gasteiger partial charge in [0.2, 0.25) is 5.91 Å². The smallest absolute Gasteiger partial charge is 0.246 e. The van der Waals surface area contributed by atoms with Crippen LogP contribution in [-0.2, 0) is 4.79 Å². The number of nitrogens with two attached hydrogens (primary N) is 1. The minimum Gasteiger partial charge on any atom is -0.497 e. The summed E-state index contributed by atoms with van der Waals surface area (Å²) in [6, 6.07) is 7.40. The van der Waals surface area contributed by atoms with Gasteiger partial charge in [-0.25, -0.2) is 4.98 Å². The van der Waals surface area contributed by atoms with E-state index in [2.05, 4.69) is 22.9 Å². The van der Waals surface area contributed by atoms with Gasteiger partial charge in [0, 0.05) is 43.5 Å². The minimum atomic E-state index is -0.111. The van der Waals surface area contributed by atoms with Gasteiger partial charge in [-0.3, -0.25) is 9.48 Å². The van der Waals surface area contributed by atoms with Crippen LogP contribution in [0.25, 0.3) is 10.9 Å². The van der Waals surface area contributed by atoms with Gasteiger partial charge in [-0.15, -0.1) is 0 Å². The molecule has 0 atom stereocenters. The van der Waals surface area contributed by atoms with Gasteiger partial charge in [0.05, 0.1) is 36.7 Å². The average Bonchev–Trinajstić information content (AvgIpc) is 3.21. The van der Waals surface area contributed by atoms with E-state index < -0.39 is 0 Å². The molecule has 3 aromatic rings. The van der Waals surface area contributed by atoms with Gasteiger partial charge in [-0.05, 0) is 32.1 Å². The van der Waals surface area contributed by atoms with Crippen LogP contribution >= 0.6 is 0 Å². The van der Waals surface area contributed by atoms with Crippen molar-refractivity contribution < 1.29 is 14.3 Å². The Morgan fingerprint density at radius 2 is 1.92 bits per heavy atom. The molecule has 0 bridgehead atoms. The number of fused-ring (bicyclic) bond motifs is 1. The van der Waals surface area contributed by atoms with Crippen molar-refractivity contribution in [2.75, 3.05) is 53.7 Å². The molecule has 10 heteroatoms. The Bertz CT molecular complexity index is 1410. The van der Waals surface area contributed by atoms with Crippen molar-refractivity contribution in [2.24, 2.45) is 0 Å². The molecule has 3 heterocycles. The number of nitrogen functional groups attached to an aromatic ring is 1. The van der Waals surface area contributed by atoms with Crippen molar-refractivity contribution in [1.82, 2.24) is 24.6 Å². The van der Waals surface area contributed by atoms with E-state index in [1.165, 1.54) is 6.20 Å². The molecule has 1 aromatic carbocycles. The number of nitrogens with zero attached hydrogens (tertiary/aromatic N) is 6. The van der Waals surface area contributed by atoms with E-state index >= 15 is 0 Å². The summed E-state index contributed by atoms with van der Waals surface area (Å²) in [5.74, 6) is 7.57. The van der Waals surface area contributed by atoms with Crippen LogP contribution in [0, 0.1) is 23.2 Å². The van der Waals surface area contributed by atoms with Crippen LogP contribution in [-0.4, -0.2) is 78.4 Å². The second kappa shape index (κ2) is 10.4. The van der Waals surface area contributed by atoms with Crippen molar-refractivity contribution in [2.45, 2.75) is 6.04 Å². The number of anilines is 1. The lowest BCUT2D eigenvalue weighted by Crippen LogP contribution is -2.50. The molecular formula is C26H27N7O3. The zero-order valence-electron chi connectivity index (χ0n) is 20.6. The number of pyridine rings is 1. The van der Waals surface area contributed by atoms with Gasteiger partial charge in [0.1, 0.15) is 29.1 Å². The summed E-state index contributed by atoms with van der Waals surface area (Å²) in [7, 11) is 7.02. The summed E-state index contributed by atoms with van der Waals surface area (Å²) in [5, 5.41) is 15.0. The number of carbonyl (C=O) groups is 1. The number of carbonyl (C=O) groups excluding carboxylic acids is 1. The third-order valence-corrected chi connectivity index (χ3v) is 5.80. The van der Waals surface area contributed by atoms with Crippen molar-refractivity contribution in [3.05, 3.63) is 53.4 Å². The monoisotopic (exact) mass is 485 g/mol. The fourth-order valence-electron chi connectivity index (χ4n) is 3.90. The molecule has 0 radical (unpaired) electrons. The first kappa shape index (κ1) is 24.6. The number of hydrogen-bond acceptors (Lipinski definition) is 8. The Morgan fingerprint density at radius 1 is 1.22 bits per heavy atom. The molecule has 0 unspecified atom stereocenters. The van der Waals surface area contributed by atoms with Crippen molar-refractivity contribution in [3.8, 4) is 29.4 Å². The number of ether oxygens (including phenoxy) is 2. The van der Waals surface area contributed by atoms with Crippen LogP contribution in [0.3, 0.4) is 0 Å². The van der Waals surface area contributed by atoms with Crippen LogP contribution in [0.2, 0.25) is 0 Å². The van der Waals surface area contributed by atoms with Crippen molar-refractivity contribution >= 4 is 22.6 Å². The van der Waals surface area contributed by atoms with Crippen molar-refractivity contribution in [3.63, 3.8) is 0 Å². The highest BCUT2D eigenvalue weighted by molar-refractivity contribution is 5.96. The van der Waals surface area contributed by atoms with E-state index in [4.69, 9.17) is 20.3 Å². The number of methoxy groups -OCH3 is 2. The summed E-state index contributed by atoms with van der Waals surface area (Å²) in [6.07, 6.45) is 4.85. The van der Waals surface area contributed by atoms with Gasteiger partial charge in [-0.1, -0.05) is 12.0 Å². The normalized spacial score (nSPS) is 13.4. The third kappa shape index (κ3) is 4.95. The molecule has 4 rings (SSSR count). The molecule has 1 saturated heterocycles. The molecular weight excluding hydrogens is 458 g/mol. The Hall–Kier alpha value is -4.54. The van der Waals surface area contributed by atoms with E-state index in [0.29, 0.717) is 58.9 Å². The fourth-order valence-corrected chi connectivity index (χ4v) is 3.90. The number of likely N-dealkylation sites (tertiary alicyclic amines) is 1. The summed E-state index contributed by atoms with van der Waals surface area (Å²) >= 11 is 0. The summed E-state index contributed by atoms with van der Waals surface area (Å²) in [6.45, 7) is 1.62. The third-order valence-electron chi connectivity index (χ3n) is 5.80. The zero-order valence-corrected chi connectivity index (χ0v) is 20.6. The maximum absolute atomic E-state index is 12.5. The van der Waals surface area contributed by atoms with Crippen LogP contribution in [0.1, 0.15) is 22.9 Å². The van der Waals surface area contributed by atoms with Gasteiger partial charge < -0.3 is 25.0 Å². The average molecular weight is 486 g/mol. The molecule has 1 fully saturated rings. The second-order valence-corrected chi connectivity index (χ2v) is 8.60. The predicted octanol–water partition coefficient (Wildman–Crippen LogP) is 1.80. The number of nitriles is 1. The van der Waals surface area contributed by atoms with E-state index in [1.807, 2.05) is 25.1 Å². The standard InChI is InChI=1S/C26H27N7O3/c1-31(2)9-5-6-23(34)32-15-19(16-32)33-25-18(13-27)14-29-26(28)24(25)22(30-33)8-7-17-10-20(35-3)12-21(11-17)36-4/h5-6,10-12,14,19H,9,15-16H2,1-4H3,(H2,28,29)/b6-5+. The Labute approximate surface area is 209 Å². The molecule has 0 spiro atoms. The number of likely N-dealkylation sites (N-methyl/N-ethyl adjacent to an activating group) is 1. The van der Waals surface area contributed by atoms with Gasteiger partial charge in [0.25, 0.3) is 0 Å². The topological polar surface area (TPSA) is 123 Å². The fraction of sp³-hybridized carbons (Fsp3) is 0.308. The van der Waals surface area contributed by atoms with Gasteiger partial charge in [-0.2, -0.15) is 10.4 Å². The molecule has 2 N–H and O–H groups in total. The van der Waals surface area contributed by atoms with Crippen molar-refractivity contribution in [1.29, 1.82) is 5.26 Å². The molecule has 1 amide bonds. The lowest BCUT2D eigenvalue weighted by molar-refractivity contribution is -0.131. The van der Waals surface area contributed by atoms with E-state index in [0.717, 1.165) is 0 Å². The molecule has 1 aliphatic rings. The molecule has 10 nitrogen and oxygen atoms in total. The maximum Gasteiger partial charge on any atom is 0.246 e. The highest BCUT2D eigenvalue weighted by Gasteiger charge is 2.34. The minimum absolute atomic E-state index is 0.0572. The summed E-state index contributed by atoms with van der Waals surface area (Å²) < 4.78 is 12.4. The molecule has 0 saturated carbocycles. The number of rotatable bonds is 6.